The van der Waals surface area contributed by atoms with E-state index in [2.05, 4.69) is 4.18 Å². The van der Waals surface area contributed by atoms with Crippen LogP contribution in [0.1, 0.15) is 25.7 Å². The summed E-state index contributed by atoms with van der Waals surface area (Å²) in [6, 6.07) is 0. The van der Waals surface area contributed by atoms with E-state index in [1.165, 1.54) is 0 Å². The molecule has 35 heavy (non-hydrogen) atoms. The molecule has 0 amide bonds. The van der Waals surface area contributed by atoms with Gasteiger partial charge < -0.3 is 69.6 Å². The topological polar surface area (TPSA) is 345 Å². The molecule has 0 rings (SSSR count). The van der Waals surface area contributed by atoms with Crippen molar-refractivity contribution in [1.29, 1.82) is 0 Å². The van der Waals surface area contributed by atoms with Crippen molar-refractivity contribution in [2.75, 3.05) is 7.11 Å². The van der Waals surface area contributed by atoms with Gasteiger partial charge in [0.05, 0.1) is 19.0 Å². The molecule has 0 aromatic rings. The zero-order valence-corrected chi connectivity index (χ0v) is 22.9. The fraction of sp³-hybridized carbons (Fsp3) is 0.538. The predicted molar refractivity (Wildman–Crippen MR) is 94.2 cm³/mol. The Morgan fingerprint density at radius 1 is 0.629 bits per heavy atom. The van der Waals surface area contributed by atoms with E-state index in [0.717, 1.165) is 7.11 Å². The third-order valence-electron chi connectivity index (χ3n) is 2.72. The third kappa shape index (κ3) is 27.3. The summed E-state index contributed by atoms with van der Waals surface area (Å²) in [6.07, 6.45) is -5.43. The minimum Gasteiger partial charge on any atom is -0.550 e. The van der Waals surface area contributed by atoms with Gasteiger partial charge in [0, 0.05) is 49.6 Å². The summed E-state index contributed by atoms with van der Waals surface area (Å²) in [6.45, 7) is 0. The van der Waals surface area contributed by atoms with Crippen LogP contribution in [0.4, 0.5) is 0 Å². The summed E-state index contributed by atoms with van der Waals surface area (Å²) in [5.41, 5.74) is -5.95. The Balaban J connectivity index is -0.0000000916. The van der Waals surface area contributed by atoms with Crippen LogP contribution in [0.2, 0.25) is 0 Å². The summed E-state index contributed by atoms with van der Waals surface area (Å²) in [5.74, 6) is -12.0. The standard InChI is InChI=1S/2C6H8O7.CH4O4S.3Mg/c2*7-3(8)1-6(13,5(11)12)2-4(9)10;1-5-6(2,3)4;;;/h2*13H,1-2H2,(H,7,8)(H,9,10)(H,11,12);1H3,(H,2,3,4);;;/q;;;3*+2/p-6. The first kappa shape index (κ1) is 47.1. The molecule has 18 nitrogen and oxygen atoms in total. The molecule has 0 saturated heterocycles. The molecule has 0 unspecified atom stereocenters. The number of rotatable bonds is 11. The van der Waals surface area contributed by atoms with Crippen molar-refractivity contribution in [2.45, 2.75) is 36.9 Å². The van der Waals surface area contributed by atoms with Crippen LogP contribution in [-0.2, 0) is 43.3 Å². The van der Waals surface area contributed by atoms with Crippen LogP contribution < -0.4 is 30.6 Å². The van der Waals surface area contributed by atoms with E-state index in [1.807, 2.05) is 0 Å². The molecule has 0 atom stereocenters. The largest absolute Gasteiger partial charge is 2.00 e. The second kappa shape index (κ2) is 21.0. The van der Waals surface area contributed by atoms with Crippen LogP contribution >= 0.6 is 0 Å². The van der Waals surface area contributed by atoms with Crippen molar-refractivity contribution in [3.05, 3.63) is 0 Å². The Kier molecular flexibility index (Phi) is 28.3. The van der Waals surface area contributed by atoms with Crippen LogP contribution in [0.25, 0.3) is 0 Å². The summed E-state index contributed by atoms with van der Waals surface area (Å²) in [4.78, 5) is 60.0. The molecule has 0 saturated carbocycles. The second-order valence-electron chi connectivity index (χ2n) is 5.43. The van der Waals surface area contributed by atoms with Crippen LogP contribution in [0.5, 0.6) is 0 Å². The number of carbonyl (C=O) groups excluding carboxylic acids is 6. The van der Waals surface area contributed by atoms with Crippen LogP contribution in [0, 0.1) is 0 Å². The molecule has 0 aliphatic carbocycles. The number of hydrogen-bond donors (Lipinski definition) is 3. The zero-order valence-electron chi connectivity index (χ0n) is 17.8. The van der Waals surface area contributed by atoms with Crippen molar-refractivity contribution < 1.29 is 86.8 Å². The molecular formula is C13H14Mg3O18S. The smallest absolute Gasteiger partial charge is 0.550 e. The summed E-state index contributed by atoms with van der Waals surface area (Å²) < 4.78 is 29.7. The fourth-order valence-corrected chi connectivity index (χ4v) is 1.37. The Bertz CT molecular complexity index is 742. The number of hydrogen-bond acceptors (Lipinski definition) is 17. The van der Waals surface area contributed by atoms with Gasteiger partial charge in [-0.15, -0.1) is 0 Å². The van der Waals surface area contributed by atoms with Crippen LogP contribution in [0.3, 0.4) is 0 Å². The van der Waals surface area contributed by atoms with Crippen molar-refractivity contribution in [1.82, 2.24) is 0 Å². The fourth-order valence-electron chi connectivity index (χ4n) is 1.37. The molecular weight excluding hydrogens is 549 g/mol. The maximum atomic E-state index is 10.1. The molecule has 0 aromatic carbocycles. The number of aliphatic hydroxyl groups is 2. The number of carboxylic acids is 6. The minimum atomic E-state index is -4.16. The summed E-state index contributed by atoms with van der Waals surface area (Å²) in [7, 11) is -3.29. The normalized spacial score (nSPS) is 10.1. The van der Waals surface area contributed by atoms with Gasteiger partial charge in [-0.2, -0.15) is 8.42 Å². The predicted octanol–water partition coefficient (Wildman–Crippen LogP) is -12.2. The Labute approximate surface area is 244 Å². The first-order chi connectivity index (χ1) is 14.1. The Morgan fingerprint density at radius 2 is 0.771 bits per heavy atom. The van der Waals surface area contributed by atoms with E-state index in [1.54, 1.807) is 0 Å². The Morgan fingerprint density at radius 3 is 0.829 bits per heavy atom. The number of carboxylic acid groups (broad SMARTS) is 6. The van der Waals surface area contributed by atoms with Gasteiger partial charge >= 0.3 is 79.6 Å². The monoisotopic (exact) mass is 562 g/mol. The first-order valence-corrected chi connectivity index (χ1v) is 8.68. The third-order valence-corrected chi connectivity index (χ3v) is 3.14. The summed E-state index contributed by atoms with van der Waals surface area (Å²) in [5, 5.41) is 77.9. The van der Waals surface area contributed by atoms with Crippen LogP contribution in [-0.4, -0.2) is 146 Å². The maximum Gasteiger partial charge on any atom is 2.00 e. The van der Waals surface area contributed by atoms with Crippen molar-refractivity contribution >= 4 is 115 Å². The Hall–Kier alpha value is -1.09. The van der Waals surface area contributed by atoms with Gasteiger partial charge in [-0.3, -0.25) is 8.74 Å². The molecule has 0 fully saturated rings. The van der Waals surface area contributed by atoms with E-state index in [0.29, 0.717) is 0 Å². The minimum absolute atomic E-state index is 0. The van der Waals surface area contributed by atoms with Gasteiger partial charge in [0.2, 0.25) is 0 Å². The van der Waals surface area contributed by atoms with Crippen molar-refractivity contribution in [3.63, 3.8) is 0 Å². The molecule has 22 heteroatoms. The average Bonchev–Trinajstić information content (AvgIpc) is 2.51. The zero-order chi connectivity index (χ0) is 26.5. The molecule has 0 bridgehead atoms. The van der Waals surface area contributed by atoms with Crippen LogP contribution in [0.15, 0.2) is 0 Å². The number of aliphatic carboxylic acids is 6. The molecule has 0 aliphatic rings. The second-order valence-corrected chi connectivity index (χ2v) is 6.62. The van der Waals surface area contributed by atoms with Gasteiger partial charge in [0.25, 0.3) is 0 Å². The molecule has 0 aliphatic heterocycles. The van der Waals surface area contributed by atoms with E-state index in [9.17, 15) is 67.8 Å². The molecule has 0 spiro atoms. The number of carbonyl (C=O) groups is 6. The van der Waals surface area contributed by atoms with Gasteiger partial charge in [0.1, 0.15) is 11.2 Å². The van der Waals surface area contributed by atoms with Gasteiger partial charge in [-0.1, -0.05) is 0 Å². The van der Waals surface area contributed by atoms with E-state index < -0.39 is 83.1 Å². The quantitative estimate of drug-likeness (QED) is 0.155. The van der Waals surface area contributed by atoms with Gasteiger partial charge in [-0.25, -0.2) is 0 Å². The van der Waals surface area contributed by atoms with E-state index in [4.69, 9.17) is 14.8 Å². The molecule has 0 aromatic heterocycles. The molecule has 186 valence electrons. The van der Waals surface area contributed by atoms with Gasteiger partial charge in [0.15, 0.2) is 0 Å². The van der Waals surface area contributed by atoms with Crippen molar-refractivity contribution in [2.24, 2.45) is 0 Å². The maximum absolute atomic E-state index is 10.1. The average molecular weight is 563 g/mol. The summed E-state index contributed by atoms with van der Waals surface area (Å²) >= 11 is 0. The van der Waals surface area contributed by atoms with Gasteiger partial charge in [-0.05, 0) is 0 Å². The SMILES string of the molecule is COS(=O)(=O)O.O=C([O-])CC(O)(CC(=O)[O-])C(=O)[O-].O=C([O-])CC(O)(CC(=O)[O-])C(=O)[O-].[Mg+2].[Mg+2].[Mg+2]. The molecule has 0 radical (unpaired) electrons. The van der Waals surface area contributed by atoms with Crippen molar-refractivity contribution in [3.8, 4) is 0 Å². The first-order valence-electron chi connectivity index (χ1n) is 7.32. The molecule has 0 heterocycles. The molecule has 3 N–H and O–H groups in total. The van der Waals surface area contributed by atoms with E-state index >= 15 is 0 Å². The van der Waals surface area contributed by atoms with E-state index in [-0.39, 0.29) is 69.2 Å².